The molecule has 0 radical (unpaired) electrons. The van der Waals surface area contributed by atoms with Gasteiger partial charge in [0.2, 0.25) is 0 Å². The first-order chi connectivity index (χ1) is 14.5. The van der Waals surface area contributed by atoms with Gasteiger partial charge in [-0.3, -0.25) is 4.79 Å². The lowest BCUT2D eigenvalue weighted by Gasteiger charge is -2.12. The molecule has 0 saturated heterocycles. The van der Waals surface area contributed by atoms with Crippen molar-refractivity contribution >= 4 is 34.2 Å². The third-order valence-corrected chi connectivity index (χ3v) is 5.06. The van der Waals surface area contributed by atoms with Gasteiger partial charge in [0.05, 0.1) is 23.8 Å². The van der Waals surface area contributed by atoms with Crippen LogP contribution in [0.5, 0.6) is 11.5 Å². The molecule has 0 fully saturated rings. The van der Waals surface area contributed by atoms with E-state index in [4.69, 9.17) is 21.1 Å². The number of ether oxygens (including phenoxy) is 2. The molecule has 1 aromatic heterocycles. The van der Waals surface area contributed by atoms with Crippen molar-refractivity contribution in [3.8, 4) is 22.9 Å². The zero-order valence-electron chi connectivity index (χ0n) is 16.5. The monoisotopic (exact) mass is 421 g/mol. The summed E-state index contributed by atoms with van der Waals surface area (Å²) in [6, 6.07) is 18.6. The Hall–Kier alpha value is -3.51. The van der Waals surface area contributed by atoms with Crippen LogP contribution in [0.2, 0.25) is 5.02 Å². The molecule has 0 aliphatic rings. The fourth-order valence-corrected chi connectivity index (χ4v) is 3.20. The van der Waals surface area contributed by atoms with Gasteiger partial charge < -0.3 is 19.8 Å². The van der Waals surface area contributed by atoms with Gasteiger partial charge in [0.25, 0.3) is 5.91 Å². The number of benzene rings is 3. The van der Waals surface area contributed by atoms with Gasteiger partial charge in [-0.2, -0.15) is 0 Å². The summed E-state index contributed by atoms with van der Waals surface area (Å²) >= 11 is 6.02. The van der Waals surface area contributed by atoms with E-state index in [9.17, 15) is 4.79 Å². The number of nitrogens with zero attached hydrogens (tertiary/aromatic N) is 1. The van der Waals surface area contributed by atoms with Gasteiger partial charge in [-0.1, -0.05) is 23.7 Å². The van der Waals surface area contributed by atoms with E-state index in [-0.39, 0.29) is 12.5 Å². The Labute approximate surface area is 178 Å². The molecule has 1 amide bonds. The van der Waals surface area contributed by atoms with Crippen LogP contribution in [0.25, 0.3) is 22.4 Å². The van der Waals surface area contributed by atoms with E-state index in [0.29, 0.717) is 28.0 Å². The van der Waals surface area contributed by atoms with Crippen molar-refractivity contribution in [1.29, 1.82) is 0 Å². The fraction of sp³-hybridized carbons (Fsp3) is 0.130. The van der Waals surface area contributed by atoms with E-state index in [0.717, 1.165) is 22.2 Å². The highest BCUT2D eigenvalue weighted by molar-refractivity contribution is 6.31. The summed E-state index contributed by atoms with van der Waals surface area (Å²) in [6.07, 6.45) is 0. The zero-order chi connectivity index (χ0) is 21.1. The molecule has 0 unspecified atom stereocenters. The molecule has 0 atom stereocenters. The number of methoxy groups -OCH3 is 1. The molecular formula is C23H20ClN3O3. The predicted octanol–water partition coefficient (Wildman–Crippen LogP) is 5.22. The number of aromatic amines is 1. The van der Waals surface area contributed by atoms with E-state index < -0.39 is 0 Å². The highest BCUT2D eigenvalue weighted by Gasteiger charge is 2.12. The number of fused-ring (bicyclic) bond motifs is 1. The molecule has 3 aromatic carbocycles. The summed E-state index contributed by atoms with van der Waals surface area (Å²) in [5.41, 5.74) is 4.07. The summed E-state index contributed by atoms with van der Waals surface area (Å²) in [5.74, 6) is 1.53. The molecule has 7 heteroatoms. The standard InChI is InChI=1S/C23H20ClN3O3/c1-14-11-16(8-9-17(14)24)30-13-22(28)25-20-12-15(7-10-21(20)29-2)23-26-18-5-3-4-6-19(18)27-23/h3-12H,13H2,1-2H3,(H,25,28)(H,26,27). The number of aryl methyl sites for hydroxylation is 1. The second kappa shape index (κ2) is 8.47. The van der Waals surface area contributed by atoms with Crippen molar-refractivity contribution in [1.82, 2.24) is 9.97 Å². The predicted molar refractivity (Wildman–Crippen MR) is 118 cm³/mol. The molecule has 1 heterocycles. The van der Waals surface area contributed by atoms with Gasteiger partial charge in [-0.15, -0.1) is 0 Å². The topological polar surface area (TPSA) is 76.2 Å². The molecule has 0 spiro atoms. The van der Waals surface area contributed by atoms with Crippen LogP contribution in [0.4, 0.5) is 5.69 Å². The number of hydrogen-bond acceptors (Lipinski definition) is 4. The zero-order valence-corrected chi connectivity index (χ0v) is 17.3. The van der Waals surface area contributed by atoms with Crippen LogP contribution < -0.4 is 14.8 Å². The summed E-state index contributed by atoms with van der Waals surface area (Å²) in [5, 5.41) is 3.50. The minimum Gasteiger partial charge on any atom is -0.495 e. The minimum atomic E-state index is -0.303. The number of aromatic nitrogens is 2. The van der Waals surface area contributed by atoms with E-state index in [2.05, 4.69) is 15.3 Å². The molecule has 4 rings (SSSR count). The van der Waals surface area contributed by atoms with Gasteiger partial charge in [0.15, 0.2) is 6.61 Å². The molecule has 0 aliphatic carbocycles. The van der Waals surface area contributed by atoms with Crippen molar-refractivity contribution in [3.63, 3.8) is 0 Å². The number of nitrogens with one attached hydrogen (secondary N) is 2. The number of para-hydroxylation sites is 2. The van der Waals surface area contributed by atoms with Crippen molar-refractivity contribution < 1.29 is 14.3 Å². The molecule has 2 N–H and O–H groups in total. The number of hydrogen-bond donors (Lipinski definition) is 2. The van der Waals surface area contributed by atoms with Gasteiger partial charge in [-0.25, -0.2) is 4.98 Å². The Morgan fingerprint density at radius 3 is 2.73 bits per heavy atom. The second-order valence-corrected chi connectivity index (χ2v) is 7.17. The maximum Gasteiger partial charge on any atom is 0.262 e. The normalized spacial score (nSPS) is 10.8. The van der Waals surface area contributed by atoms with E-state index in [1.54, 1.807) is 31.4 Å². The largest absolute Gasteiger partial charge is 0.495 e. The van der Waals surface area contributed by atoms with Crippen LogP contribution in [0.3, 0.4) is 0 Å². The average molecular weight is 422 g/mol. The maximum atomic E-state index is 12.5. The minimum absolute atomic E-state index is 0.140. The van der Waals surface area contributed by atoms with Crippen LogP contribution in [-0.2, 0) is 4.79 Å². The van der Waals surface area contributed by atoms with E-state index in [1.165, 1.54) is 0 Å². The lowest BCUT2D eigenvalue weighted by molar-refractivity contribution is -0.118. The number of H-pyrrole nitrogens is 1. The van der Waals surface area contributed by atoms with Crippen molar-refractivity contribution in [3.05, 3.63) is 71.2 Å². The summed E-state index contributed by atoms with van der Waals surface area (Å²) in [6.45, 7) is 1.74. The lowest BCUT2D eigenvalue weighted by Crippen LogP contribution is -2.20. The van der Waals surface area contributed by atoms with Crippen molar-refractivity contribution in [2.45, 2.75) is 6.92 Å². The van der Waals surface area contributed by atoms with Crippen LogP contribution in [-0.4, -0.2) is 29.6 Å². The highest BCUT2D eigenvalue weighted by Crippen LogP contribution is 2.30. The Morgan fingerprint density at radius 2 is 1.97 bits per heavy atom. The van der Waals surface area contributed by atoms with Crippen LogP contribution >= 0.6 is 11.6 Å². The van der Waals surface area contributed by atoms with Gasteiger partial charge in [-0.05, 0) is 61.0 Å². The number of rotatable bonds is 6. The fourth-order valence-electron chi connectivity index (χ4n) is 3.08. The first-order valence-electron chi connectivity index (χ1n) is 9.35. The molecule has 0 aliphatic heterocycles. The molecular weight excluding hydrogens is 402 g/mol. The number of carbonyl (C=O) groups is 1. The van der Waals surface area contributed by atoms with Gasteiger partial charge in [0, 0.05) is 10.6 Å². The lowest BCUT2D eigenvalue weighted by atomic mass is 10.1. The van der Waals surface area contributed by atoms with Crippen molar-refractivity contribution in [2.24, 2.45) is 0 Å². The number of anilines is 1. The number of halogens is 1. The smallest absolute Gasteiger partial charge is 0.262 e. The highest BCUT2D eigenvalue weighted by atomic mass is 35.5. The third-order valence-electron chi connectivity index (χ3n) is 4.64. The third kappa shape index (κ3) is 4.23. The molecule has 152 valence electrons. The summed E-state index contributed by atoms with van der Waals surface area (Å²) < 4.78 is 11.0. The average Bonchev–Trinajstić information content (AvgIpc) is 3.19. The number of imidazole rings is 1. The first-order valence-corrected chi connectivity index (χ1v) is 9.73. The molecule has 30 heavy (non-hydrogen) atoms. The Kier molecular flexibility index (Phi) is 5.59. The van der Waals surface area contributed by atoms with Crippen LogP contribution in [0, 0.1) is 6.92 Å². The van der Waals surface area contributed by atoms with Crippen LogP contribution in [0.1, 0.15) is 5.56 Å². The molecule has 6 nitrogen and oxygen atoms in total. The Bertz CT molecular complexity index is 1190. The Balaban J connectivity index is 1.51. The maximum absolute atomic E-state index is 12.5. The van der Waals surface area contributed by atoms with Crippen molar-refractivity contribution in [2.75, 3.05) is 19.0 Å². The molecule has 0 bridgehead atoms. The van der Waals surface area contributed by atoms with Crippen LogP contribution in [0.15, 0.2) is 60.7 Å². The number of carbonyl (C=O) groups excluding carboxylic acids is 1. The molecule has 4 aromatic rings. The number of amides is 1. The Morgan fingerprint density at radius 1 is 1.13 bits per heavy atom. The van der Waals surface area contributed by atoms with Gasteiger partial charge >= 0.3 is 0 Å². The quantitative estimate of drug-likeness (QED) is 0.447. The second-order valence-electron chi connectivity index (χ2n) is 6.77. The molecule has 0 saturated carbocycles. The summed E-state index contributed by atoms with van der Waals surface area (Å²) in [4.78, 5) is 20.3. The SMILES string of the molecule is COc1ccc(-c2nc3ccccc3[nH]2)cc1NC(=O)COc1ccc(Cl)c(C)c1. The first kappa shape index (κ1) is 19.8. The van der Waals surface area contributed by atoms with E-state index >= 15 is 0 Å². The van der Waals surface area contributed by atoms with Gasteiger partial charge in [0.1, 0.15) is 17.3 Å². The van der Waals surface area contributed by atoms with E-state index in [1.807, 2.05) is 43.3 Å². The summed E-state index contributed by atoms with van der Waals surface area (Å²) in [7, 11) is 1.55.